The Morgan fingerprint density at radius 1 is 0.975 bits per heavy atom. The molecule has 0 saturated heterocycles. The monoisotopic (exact) mass is 560 g/mol. The third-order valence-electron chi connectivity index (χ3n) is 6.46. The SMILES string of the molecule is CCCN(CCC)C(=O)c1cc(C)cc(C(=O)NC(Cc2cc(F)cc(F)c2)CC(O)COCCC(C)(C)C)c1. The van der Waals surface area contributed by atoms with Crippen molar-refractivity contribution in [3.05, 3.63) is 70.3 Å². The number of carbonyl (C=O) groups excluding carboxylic acids is 2. The number of hydrogen-bond acceptors (Lipinski definition) is 4. The summed E-state index contributed by atoms with van der Waals surface area (Å²) < 4.78 is 33.4. The van der Waals surface area contributed by atoms with E-state index in [2.05, 4.69) is 26.1 Å². The summed E-state index contributed by atoms with van der Waals surface area (Å²) >= 11 is 0. The van der Waals surface area contributed by atoms with Crippen LogP contribution in [0.3, 0.4) is 0 Å². The summed E-state index contributed by atoms with van der Waals surface area (Å²) in [7, 11) is 0. The largest absolute Gasteiger partial charge is 0.391 e. The summed E-state index contributed by atoms with van der Waals surface area (Å²) in [5.41, 5.74) is 1.96. The minimum Gasteiger partial charge on any atom is -0.391 e. The van der Waals surface area contributed by atoms with Gasteiger partial charge >= 0.3 is 0 Å². The van der Waals surface area contributed by atoms with Crippen LogP contribution in [0.4, 0.5) is 8.78 Å². The van der Waals surface area contributed by atoms with Gasteiger partial charge in [-0.2, -0.15) is 0 Å². The molecule has 40 heavy (non-hydrogen) atoms. The lowest BCUT2D eigenvalue weighted by atomic mass is 9.93. The van der Waals surface area contributed by atoms with E-state index in [1.807, 2.05) is 20.8 Å². The first-order valence-electron chi connectivity index (χ1n) is 14.2. The standard InChI is InChI=1S/C32H46F2N2O4/c1-7-10-36(11-8-2)31(39)25-14-22(3)13-24(18-25)30(38)35-28(17-23-15-26(33)19-27(34)16-23)20-29(37)21-40-12-9-32(4,5)6/h13-16,18-19,28-29,37H,7-12,17,20-21H2,1-6H3,(H,35,38). The highest BCUT2D eigenvalue weighted by Gasteiger charge is 2.22. The topological polar surface area (TPSA) is 78.9 Å². The van der Waals surface area contributed by atoms with Crippen molar-refractivity contribution in [1.29, 1.82) is 0 Å². The number of benzene rings is 2. The summed E-state index contributed by atoms with van der Waals surface area (Å²) in [6.07, 6.45) is 1.82. The zero-order valence-corrected chi connectivity index (χ0v) is 24.9. The fourth-order valence-corrected chi connectivity index (χ4v) is 4.54. The van der Waals surface area contributed by atoms with Crippen LogP contribution in [0.1, 0.15) is 92.1 Å². The van der Waals surface area contributed by atoms with E-state index in [0.717, 1.165) is 30.9 Å². The van der Waals surface area contributed by atoms with Crippen LogP contribution in [-0.4, -0.2) is 60.3 Å². The van der Waals surface area contributed by atoms with Crippen LogP contribution < -0.4 is 5.32 Å². The Labute approximate surface area is 238 Å². The van der Waals surface area contributed by atoms with Crippen LogP contribution in [0, 0.1) is 24.0 Å². The normalized spacial score (nSPS) is 13.1. The van der Waals surface area contributed by atoms with Crippen LogP contribution >= 0.6 is 0 Å². The third kappa shape index (κ3) is 11.7. The Bertz CT molecular complexity index is 1090. The number of aliphatic hydroxyl groups is 1. The van der Waals surface area contributed by atoms with Crippen LogP contribution in [0.5, 0.6) is 0 Å². The number of rotatable bonds is 15. The van der Waals surface area contributed by atoms with Crippen molar-refractivity contribution >= 4 is 11.8 Å². The highest BCUT2D eigenvalue weighted by Crippen LogP contribution is 2.19. The van der Waals surface area contributed by atoms with Gasteiger partial charge in [0, 0.05) is 42.9 Å². The molecule has 0 aliphatic rings. The van der Waals surface area contributed by atoms with Gasteiger partial charge in [0.25, 0.3) is 11.8 Å². The lowest BCUT2D eigenvalue weighted by molar-refractivity contribution is 0.0187. The molecule has 0 aliphatic carbocycles. The van der Waals surface area contributed by atoms with Crippen molar-refractivity contribution in [2.24, 2.45) is 5.41 Å². The minimum atomic E-state index is -0.894. The fraction of sp³-hybridized carbons (Fsp3) is 0.562. The number of nitrogens with one attached hydrogen (secondary N) is 1. The molecule has 0 bridgehead atoms. The Kier molecular flexibility index (Phi) is 13.2. The van der Waals surface area contributed by atoms with Gasteiger partial charge in [0.05, 0.1) is 12.7 Å². The van der Waals surface area contributed by atoms with Crippen molar-refractivity contribution in [1.82, 2.24) is 10.2 Å². The van der Waals surface area contributed by atoms with Crippen molar-refractivity contribution in [3.8, 4) is 0 Å². The molecule has 0 aromatic heterocycles. The zero-order chi connectivity index (χ0) is 29.9. The maximum absolute atomic E-state index is 13.9. The molecule has 2 rings (SSSR count). The number of carbonyl (C=O) groups is 2. The molecule has 0 fully saturated rings. The number of amides is 2. The molecular weight excluding hydrogens is 514 g/mol. The van der Waals surface area contributed by atoms with Gasteiger partial charge in [-0.3, -0.25) is 9.59 Å². The van der Waals surface area contributed by atoms with Gasteiger partial charge in [-0.1, -0.05) is 34.6 Å². The first kappa shape index (κ1) is 33.4. The Balaban J connectivity index is 2.22. The van der Waals surface area contributed by atoms with E-state index >= 15 is 0 Å². The molecular formula is C32H46F2N2O4. The molecule has 8 heteroatoms. The molecule has 0 aliphatic heterocycles. The highest BCUT2D eigenvalue weighted by molar-refractivity contribution is 6.00. The second-order valence-corrected chi connectivity index (χ2v) is 11.8. The predicted molar refractivity (Wildman–Crippen MR) is 154 cm³/mol. The maximum atomic E-state index is 13.9. The Morgan fingerprint density at radius 2 is 1.57 bits per heavy atom. The molecule has 0 heterocycles. The van der Waals surface area contributed by atoms with Crippen molar-refractivity contribution in [2.75, 3.05) is 26.3 Å². The maximum Gasteiger partial charge on any atom is 0.253 e. The summed E-state index contributed by atoms with van der Waals surface area (Å²) in [6.45, 7) is 14.0. The summed E-state index contributed by atoms with van der Waals surface area (Å²) in [6, 6.07) is 7.63. The molecule has 0 saturated carbocycles. The minimum absolute atomic E-state index is 0.0771. The van der Waals surface area contributed by atoms with Crippen molar-refractivity contribution in [2.45, 2.75) is 85.8 Å². The van der Waals surface area contributed by atoms with Gasteiger partial charge in [-0.25, -0.2) is 8.78 Å². The summed E-state index contributed by atoms with van der Waals surface area (Å²) in [5.74, 6) is -1.98. The molecule has 0 spiro atoms. The smallest absolute Gasteiger partial charge is 0.253 e. The molecule has 2 aromatic rings. The molecule has 2 unspecified atom stereocenters. The Morgan fingerprint density at radius 3 is 2.15 bits per heavy atom. The Hall–Kier alpha value is -2.84. The van der Waals surface area contributed by atoms with E-state index in [-0.39, 0.29) is 30.8 Å². The van der Waals surface area contributed by atoms with Crippen LogP contribution in [0.25, 0.3) is 0 Å². The van der Waals surface area contributed by atoms with Gasteiger partial charge in [-0.05, 0) is 85.9 Å². The summed E-state index contributed by atoms with van der Waals surface area (Å²) in [5, 5.41) is 13.6. The zero-order valence-electron chi connectivity index (χ0n) is 24.9. The molecule has 2 atom stereocenters. The molecule has 2 aromatic carbocycles. The molecule has 2 N–H and O–H groups in total. The average Bonchev–Trinajstić information content (AvgIpc) is 2.84. The van der Waals surface area contributed by atoms with E-state index in [1.54, 1.807) is 23.1 Å². The third-order valence-corrected chi connectivity index (χ3v) is 6.46. The first-order chi connectivity index (χ1) is 18.8. The second kappa shape index (κ2) is 15.8. The number of ether oxygens (including phenoxy) is 1. The van der Waals surface area contributed by atoms with E-state index in [1.165, 1.54) is 12.1 Å². The van der Waals surface area contributed by atoms with Crippen LogP contribution in [0.15, 0.2) is 36.4 Å². The number of aryl methyl sites for hydroxylation is 1. The van der Waals surface area contributed by atoms with Gasteiger partial charge < -0.3 is 20.1 Å². The second-order valence-electron chi connectivity index (χ2n) is 11.8. The van der Waals surface area contributed by atoms with E-state index < -0.39 is 29.7 Å². The van der Waals surface area contributed by atoms with Crippen molar-refractivity contribution < 1.29 is 28.2 Å². The number of aliphatic hydroxyl groups excluding tert-OH is 1. The molecule has 222 valence electrons. The number of halogens is 2. The molecule has 0 radical (unpaired) electrons. The lowest BCUT2D eigenvalue weighted by Gasteiger charge is -2.24. The van der Waals surface area contributed by atoms with E-state index in [9.17, 15) is 23.5 Å². The predicted octanol–water partition coefficient (Wildman–Crippen LogP) is 6.08. The quantitative estimate of drug-likeness (QED) is 0.259. The number of hydrogen-bond donors (Lipinski definition) is 2. The first-order valence-corrected chi connectivity index (χ1v) is 14.2. The van der Waals surface area contributed by atoms with Crippen LogP contribution in [-0.2, 0) is 11.2 Å². The van der Waals surface area contributed by atoms with Gasteiger partial charge in [-0.15, -0.1) is 0 Å². The van der Waals surface area contributed by atoms with E-state index in [0.29, 0.717) is 36.4 Å². The van der Waals surface area contributed by atoms with Gasteiger partial charge in [0.2, 0.25) is 0 Å². The molecule has 6 nitrogen and oxygen atoms in total. The van der Waals surface area contributed by atoms with Gasteiger partial charge in [0.1, 0.15) is 11.6 Å². The fourth-order valence-electron chi connectivity index (χ4n) is 4.54. The van der Waals surface area contributed by atoms with Crippen LogP contribution in [0.2, 0.25) is 0 Å². The average molecular weight is 561 g/mol. The highest BCUT2D eigenvalue weighted by atomic mass is 19.1. The van der Waals surface area contributed by atoms with Gasteiger partial charge in [0.15, 0.2) is 0 Å². The van der Waals surface area contributed by atoms with Crippen molar-refractivity contribution in [3.63, 3.8) is 0 Å². The lowest BCUT2D eigenvalue weighted by Crippen LogP contribution is -2.40. The summed E-state index contributed by atoms with van der Waals surface area (Å²) in [4.78, 5) is 28.4. The van der Waals surface area contributed by atoms with E-state index in [4.69, 9.17) is 4.74 Å². The molecule has 2 amide bonds. The number of nitrogens with zero attached hydrogens (tertiary/aromatic N) is 1.